The van der Waals surface area contributed by atoms with Crippen molar-refractivity contribution < 1.29 is 14.5 Å². The van der Waals surface area contributed by atoms with Gasteiger partial charge in [0.05, 0.1) is 11.5 Å². The fourth-order valence-electron chi connectivity index (χ4n) is 1.02. The Morgan fingerprint density at radius 3 is 2.59 bits per heavy atom. The van der Waals surface area contributed by atoms with Crippen molar-refractivity contribution in [3.8, 4) is 0 Å². The zero-order valence-electron chi connectivity index (χ0n) is 8.96. The monoisotopic (exact) mass is 319 g/mol. The molecule has 0 radical (unpaired) electrons. The van der Waals surface area contributed by atoms with E-state index in [2.05, 4.69) is 15.9 Å². The van der Waals surface area contributed by atoms with E-state index in [0.717, 1.165) is 11.8 Å². The zero-order valence-corrected chi connectivity index (χ0v) is 11.4. The van der Waals surface area contributed by atoms with E-state index < -0.39 is 14.7 Å². The van der Waals surface area contributed by atoms with Gasteiger partial charge in [0.1, 0.15) is 0 Å². The molecule has 92 valence electrons. The Hall–Kier alpha value is -1.08. The Balaban J connectivity index is 2.93. The number of nitro groups is 1. The number of rotatable bonds is 5. The number of hydrogen-bond acceptors (Lipinski definition) is 5. The standard InChI is InChI=1S/C10H10BrNO4S/c1-2-16-9(13)10(11,12(14)15)17-8-6-4-3-5-7-8/h3-7H,2H2,1H3/t10-/m1/s1. The largest absolute Gasteiger partial charge is 0.459 e. The molecule has 0 aliphatic carbocycles. The highest BCUT2D eigenvalue weighted by molar-refractivity contribution is 9.12. The van der Waals surface area contributed by atoms with Crippen LogP contribution in [0.4, 0.5) is 0 Å². The molecular weight excluding hydrogens is 310 g/mol. The van der Waals surface area contributed by atoms with Crippen molar-refractivity contribution in [1.82, 2.24) is 0 Å². The quantitative estimate of drug-likeness (QED) is 0.159. The average molecular weight is 320 g/mol. The first-order valence-electron chi connectivity index (χ1n) is 4.75. The Morgan fingerprint density at radius 2 is 2.12 bits per heavy atom. The van der Waals surface area contributed by atoms with E-state index in [0.29, 0.717) is 4.90 Å². The molecular formula is C10H10BrNO4S. The summed E-state index contributed by atoms with van der Waals surface area (Å²) in [4.78, 5) is 22.5. The summed E-state index contributed by atoms with van der Waals surface area (Å²) in [5, 5.41) is 11.0. The highest BCUT2D eigenvalue weighted by Crippen LogP contribution is 2.39. The van der Waals surface area contributed by atoms with Crippen LogP contribution in [0.2, 0.25) is 0 Å². The van der Waals surface area contributed by atoms with Crippen molar-refractivity contribution in [3.05, 3.63) is 40.4 Å². The molecule has 0 saturated heterocycles. The second kappa shape index (κ2) is 6.02. The van der Waals surface area contributed by atoms with Gasteiger partial charge in [0, 0.05) is 20.8 Å². The number of ether oxygens (including phenoxy) is 1. The van der Waals surface area contributed by atoms with Gasteiger partial charge in [-0.2, -0.15) is 0 Å². The van der Waals surface area contributed by atoms with Crippen molar-refractivity contribution in [2.45, 2.75) is 15.6 Å². The molecule has 5 nitrogen and oxygen atoms in total. The van der Waals surface area contributed by atoms with Crippen molar-refractivity contribution in [3.63, 3.8) is 0 Å². The number of hydrogen-bond donors (Lipinski definition) is 0. The Bertz CT molecular complexity index is 414. The highest BCUT2D eigenvalue weighted by Gasteiger charge is 2.51. The van der Waals surface area contributed by atoms with Crippen LogP contribution in [-0.2, 0) is 9.53 Å². The molecule has 0 aromatic heterocycles. The van der Waals surface area contributed by atoms with Crippen molar-refractivity contribution in [2.24, 2.45) is 0 Å². The lowest BCUT2D eigenvalue weighted by Crippen LogP contribution is -2.38. The Labute approximate surface area is 111 Å². The number of esters is 1. The smallest absolute Gasteiger partial charge is 0.418 e. The molecule has 0 unspecified atom stereocenters. The number of carbonyl (C=O) groups excluding carboxylic acids is 1. The maximum Gasteiger partial charge on any atom is 0.418 e. The van der Waals surface area contributed by atoms with Gasteiger partial charge in [0.2, 0.25) is 0 Å². The minimum Gasteiger partial charge on any atom is -0.459 e. The molecule has 0 aliphatic rings. The third-order valence-corrected chi connectivity index (χ3v) is 3.95. The second-order valence-electron chi connectivity index (χ2n) is 2.95. The van der Waals surface area contributed by atoms with E-state index in [1.807, 2.05) is 0 Å². The van der Waals surface area contributed by atoms with Crippen LogP contribution in [0.5, 0.6) is 0 Å². The molecule has 1 aromatic carbocycles. The van der Waals surface area contributed by atoms with Crippen LogP contribution in [0, 0.1) is 10.1 Å². The van der Waals surface area contributed by atoms with Crippen molar-refractivity contribution in [2.75, 3.05) is 6.61 Å². The van der Waals surface area contributed by atoms with E-state index in [-0.39, 0.29) is 6.61 Å². The first-order valence-corrected chi connectivity index (χ1v) is 6.36. The van der Waals surface area contributed by atoms with Gasteiger partial charge in [-0.1, -0.05) is 18.2 Å². The molecule has 0 aliphatic heterocycles. The Kier molecular flexibility index (Phi) is 4.95. The van der Waals surface area contributed by atoms with E-state index in [9.17, 15) is 14.9 Å². The summed E-state index contributed by atoms with van der Waals surface area (Å²) in [6, 6.07) is 8.63. The number of thioether (sulfide) groups is 1. The van der Waals surface area contributed by atoms with Gasteiger partial charge in [-0.3, -0.25) is 10.1 Å². The lowest BCUT2D eigenvalue weighted by molar-refractivity contribution is -0.495. The zero-order chi connectivity index (χ0) is 12.9. The number of benzene rings is 1. The number of halogens is 1. The van der Waals surface area contributed by atoms with Crippen LogP contribution in [0.1, 0.15) is 6.92 Å². The summed E-state index contributed by atoms with van der Waals surface area (Å²) in [6.07, 6.45) is 0. The Morgan fingerprint density at radius 1 is 1.53 bits per heavy atom. The van der Waals surface area contributed by atoms with Crippen LogP contribution < -0.4 is 0 Å². The van der Waals surface area contributed by atoms with Gasteiger partial charge in [-0.05, 0) is 30.8 Å². The summed E-state index contributed by atoms with van der Waals surface area (Å²) < 4.78 is 2.70. The third-order valence-electron chi connectivity index (χ3n) is 1.76. The van der Waals surface area contributed by atoms with E-state index >= 15 is 0 Å². The molecule has 0 fully saturated rings. The van der Waals surface area contributed by atoms with Gasteiger partial charge in [-0.25, -0.2) is 4.79 Å². The third kappa shape index (κ3) is 3.44. The molecule has 1 rings (SSSR count). The van der Waals surface area contributed by atoms with Crippen LogP contribution in [0.25, 0.3) is 0 Å². The summed E-state index contributed by atoms with van der Waals surface area (Å²) in [7, 11) is 0. The SMILES string of the molecule is CCOC(=O)[C@](Br)(Sc1ccccc1)[N+](=O)[O-]. The first-order chi connectivity index (χ1) is 8.00. The maximum atomic E-state index is 11.6. The number of alkyl halides is 1. The summed E-state index contributed by atoms with van der Waals surface area (Å²) >= 11 is 3.63. The molecule has 7 heteroatoms. The fourth-order valence-corrected chi connectivity index (χ4v) is 2.52. The summed E-state index contributed by atoms with van der Waals surface area (Å²) in [5.74, 6) is -0.918. The lowest BCUT2D eigenvalue weighted by Gasteiger charge is -2.15. The van der Waals surface area contributed by atoms with E-state index in [4.69, 9.17) is 4.74 Å². The topological polar surface area (TPSA) is 69.4 Å². The molecule has 0 saturated carbocycles. The highest BCUT2D eigenvalue weighted by atomic mass is 79.9. The van der Waals surface area contributed by atoms with Crippen LogP contribution in [-0.4, -0.2) is 21.3 Å². The molecule has 1 atom stereocenters. The molecule has 0 bridgehead atoms. The van der Waals surface area contributed by atoms with E-state index in [1.54, 1.807) is 37.3 Å². The average Bonchev–Trinajstić information content (AvgIpc) is 2.30. The summed E-state index contributed by atoms with van der Waals surface area (Å²) in [6.45, 7) is 1.69. The number of nitrogens with zero attached hydrogens (tertiary/aromatic N) is 1. The van der Waals surface area contributed by atoms with Crippen LogP contribution in [0.15, 0.2) is 35.2 Å². The van der Waals surface area contributed by atoms with Crippen LogP contribution >= 0.6 is 27.7 Å². The predicted molar refractivity (Wildman–Crippen MR) is 67.6 cm³/mol. The van der Waals surface area contributed by atoms with Gasteiger partial charge < -0.3 is 4.74 Å². The van der Waals surface area contributed by atoms with Gasteiger partial charge in [0.25, 0.3) is 0 Å². The molecule has 17 heavy (non-hydrogen) atoms. The first kappa shape index (κ1) is 14.0. The molecule has 0 spiro atoms. The number of carbonyl (C=O) groups is 1. The minimum absolute atomic E-state index is 0.0926. The molecule has 1 aromatic rings. The van der Waals surface area contributed by atoms with Crippen molar-refractivity contribution >= 4 is 33.7 Å². The van der Waals surface area contributed by atoms with Gasteiger partial charge in [0.15, 0.2) is 0 Å². The fraction of sp³-hybridized carbons (Fsp3) is 0.300. The molecule has 0 N–H and O–H groups in total. The minimum atomic E-state index is -2.00. The van der Waals surface area contributed by atoms with Crippen molar-refractivity contribution in [1.29, 1.82) is 0 Å². The van der Waals surface area contributed by atoms with Crippen LogP contribution in [0.3, 0.4) is 0 Å². The normalized spacial score (nSPS) is 13.8. The predicted octanol–water partition coefficient (Wildman–Crippen LogP) is 2.67. The van der Waals surface area contributed by atoms with E-state index in [1.165, 1.54) is 0 Å². The lowest BCUT2D eigenvalue weighted by atomic mass is 10.4. The maximum absolute atomic E-state index is 11.6. The molecule has 0 amide bonds. The van der Waals surface area contributed by atoms with Gasteiger partial charge >= 0.3 is 9.75 Å². The van der Waals surface area contributed by atoms with Gasteiger partial charge in [-0.15, -0.1) is 0 Å². The summed E-state index contributed by atoms with van der Waals surface area (Å²) in [5.41, 5.74) is 0. The second-order valence-corrected chi connectivity index (χ2v) is 5.89. The molecule has 0 heterocycles.